The fraction of sp³-hybridized carbons (Fsp3) is 0.455. The molecule has 2 amide bonds. The number of hydrogen-bond acceptors (Lipinski definition) is 5. The minimum atomic E-state index is -0.277. The van der Waals surface area contributed by atoms with Crippen molar-refractivity contribution in [3.05, 3.63) is 53.1 Å². The van der Waals surface area contributed by atoms with Crippen LogP contribution in [0.1, 0.15) is 63.7 Å². The first-order valence-electron chi connectivity index (χ1n) is 10.1. The van der Waals surface area contributed by atoms with E-state index in [1.807, 2.05) is 24.0 Å². The summed E-state index contributed by atoms with van der Waals surface area (Å²) >= 11 is 0. The molecule has 1 aliphatic carbocycles. The van der Waals surface area contributed by atoms with E-state index in [0.717, 1.165) is 37.1 Å². The highest BCUT2D eigenvalue weighted by Gasteiger charge is 2.27. The molecule has 2 fully saturated rings. The lowest BCUT2D eigenvalue weighted by molar-refractivity contribution is 0.0350. The average Bonchev–Trinajstić information content (AvgIpc) is 3.60. The van der Waals surface area contributed by atoms with Crippen LogP contribution in [0.25, 0.3) is 0 Å². The zero-order valence-corrected chi connectivity index (χ0v) is 16.9. The third kappa shape index (κ3) is 4.45. The van der Waals surface area contributed by atoms with Crippen LogP contribution < -0.4 is 5.32 Å². The number of likely N-dealkylation sites (tertiary alicyclic amines) is 1. The predicted octanol–water partition coefficient (Wildman–Crippen LogP) is 3.17. The molecule has 1 N–H and O–H groups in total. The van der Waals surface area contributed by atoms with E-state index in [1.165, 1.54) is 0 Å². The van der Waals surface area contributed by atoms with E-state index in [-0.39, 0.29) is 17.9 Å². The molecule has 0 bridgehead atoms. The minimum Gasteiger partial charge on any atom is -0.381 e. The van der Waals surface area contributed by atoms with Crippen LogP contribution in [0, 0.1) is 6.92 Å². The van der Waals surface area contributed by atoms with Gasteiger partial charge in [-0.1, -0.05) is 6.07 Å². The Morgan fingerprint density at radius 2 is 1.76 bits per heavy atom. The number of amides is 2. The van der Waals surface area contributed by atoms with Crippen LogP contribution in [0.4, 0.5) is 5.69 Å². The average molecular weight is 394 g/mol. The molecule has 1 saturated heterocycles. The van der Waals surface area contributed by atoms with E-state index in [0.29, 0.717) is 35.8 Å². The van der Waals surface area contributed by atoms with Gasteiger partial charge in [0.15, 0.2) is 0 Å². The number of piperidine rings is 1. The number of carbonyl (C=O) groups is 2. The van der Waals surface area contributed by atoms with Crippen molar-refractivity contribution in [2.45, 2.75) is 44.6 Å². The van der Waals surface area contributed by atoms with Gasteiger partial charge < -0.3 is 15.0 Å². The third-order valence-corrected chi connectivity index (χ3v) is 5.67. The summed E-state index contributed by atoms with van der Waals surface area (Å²) in [5.74, 6) is 0.960. The Balaban J connectivity index is 1.45. The first kappa shape index (κ1) is 19.5. The summed E-state index contributed by atoms with van der Waals surface area (Å²) < 4.78 is 5.37. The molecule has 0 radical (unpaired) electrons. The summed E-state index contributed by atoms with van der Waals surface area (Å²) in [6.07, 6.45) is 7.29. The second kappa shape index (κ2) is 8.29. The Labute approximate surface area is 170 Å². The van der Waals surface area contributed by atoms with Crippen LogP contribution in [-0.4, -0.2) is 53.0 Å². The molecule has 1 aromatic carbocycles. The number of nitrogens with one attached hydrogen (secondary N) is 1. The molecule has 0 spiro atoms. The SMILES string of the molecule is COC1CCN(C(=O)c2ccc(C)c(NC(=O)c3cnc(C4CC4)nc3)c2)CC1. The summed E-state index contributed by atoms with van der Waals surface area (Å²) in [6, 6.07) is 5.41. The van der Waals surface area contributed by atoms with E-state index in [4.69, 9.17) is 4.74 Å². The number of rotatable bonds is 5. The molecular weight excluding hydrogens is 368 g/mol. The maximum absolute atomic E-state index is 12.9. The van der Waals surface area contributed by atoms with Crippen molar-refractivity contribution in [2.24, 2.45) is 0 Å². The minimum absolute atomic E-state index is 0.0211. The summed E-state index contributed by atoms with van der Waals surface area (Å²) in [4.78, 5) is 35.9. The topological polar surface area (TPSA) is 84.4 Å². The molecule has 7 nitrogen and oxygen atoms in total. The van der Waals surface area contributed by atoms with Gasteiger partial charge in [-0.05, 0) is 50.3 Å². The van der Waals surface area contributed by atoms with Gasteiger partial charge in [0, 0.05) is 49.8 Å². The molecule has 29 heavy (non-hydrogen) atoms. The molecule has 1 aromatic heterocycles. The van der Waals surface area contributed by atoms with E-state index in [1.54, 1.807) is 25.6 Å². The highest BCUT2D eigenvalue weighted by molar-refractivity contribution is 6.05. The number of benzene rings is 1. The third-order valence-electron chi connectivity index (χ3n) is 5.67. The molecule has 1 saturated carbocycles. The fourth-order valence-electron chi connectivity index (χ4n) is 3.57. The Morgan fingerprint density at radius 3 is 2.38 bits per heavy atom. The van der Waals surface area contributed by atoms with Crippen LogP contribution in [0.15, 0.2) is 30.6 Å². The lowest BCUT2D eigenvalue weighted by Gasteiger charge is -2.31. The molecule has 0 unspecified atom stereocenters. The zero-order valence-electron chi connectivity index (χ0n) is 16.9. The fourth-order valence-corrected chi connectivity index (χ4v) is 3.57. The van der Waals surface area contributed by atoms with Crippen molar-refractivity contribution in [3.8, 4) is 0 Å². The molecule has 152 valence electrons. The van der Waals surface area contributed by atoms with Crippen molar-refractivity contribution in [3.63, 3.8) is 0 Å². The number of aryl methyl sites for hydroxylation is 1. The predicted molar refractivity (Wildman–Crippen MR) is 109 cm³/mol. The van der Waals surface area contributed by atoms with Gasteiger partial charge in [0.1, 0.15) is 5.82 Å². The van der Waals surface area contributed by atoms with Gasteiger partial charge in [-0.3, -0.25) is 9.59 Å². The van der Waals surface area contributed by atoms with Crippen LogP contribution >= 0.6 is 0 Å². The highest BCUT2D eigenvalue weighted by atomic mass is 16.5. The maximum atomic E-state index is 12.9. The number of aromatic nitrogens is 2. The van der Waals surface area contributed by atoms with Crippen molar-refractivity contribution >= 4 is 17.5 Å². The van der Waals surface area contributed by atoms with Gasteiger partial charge in [-0.25, -0.2) is 9.97 Å². The molecule has 1 aliphatic heterocycles. The van der Waals surface area contributed by atoms with Crippen molar-refractivity contribution < 1.29 is 14.3 Å². The number of nitrogens with zero attached hydrogens (tertiary/aromatic N) is 3. The Hall–Kier alpha value is -2.80. The van der Waals surface area contributed by atoms with E-state index in [9.17, 15) is 9.59 Å². The molecule has 2 aromatic rings. The standard InChI is InChI=1S/C22H26N4O3/c1-14-3-4-16(22(28)26-9-7-18(29-2)8-10-26)11-19(14)25-21(27)17-12-23-20(24-13-17)15-5-6-15/h3-4,11-13,15,18H,5-10H2,1-2H3,(H,25,27). The van der Waals surface area contributed by atoms with Gasteiger partial charge in [0.05, 0.1) is 11.7 Å². The van der Waals surface area contributed by atoms with Gasteiger partial charge in [0.2, 0.25) is 0 Å². The maximum Gasteiger partial charge on any atom is 0.258 e. The van der Waals surface area contributed by atoms with E-state index in [2.05, 4.69) is 15.3 Å². The Kier molecular flexibility index (Phi) is 5.58. The molecule has 0 atom stereocenters. The number of methoxy groups -OCH3 is 1. The van der Waals surface area contributed by atoms with Gasteiger partial charge in [0.25, 0.3) is 11.8 Å². The smallest absolute Gasteiger partial charge is 0.258 e. The van der Waals surface area contributed by atoms with E-state index < -0.39 is 0 Å². The van der Waals surface area contributed by atoms with E-state index >= 15 is 0 Å². The number of anilines is 1. The molecule has 4 rings (SSSR count). The van der Waals surface area contributed by atoms with Crippen molar-refractivity contribution in [1.29, 1.82) is 0 Å². The Morgan fingerprint density at radius 1 is 1.07 bits per heavy atom. The lowest BCUT2D eigenvalue weighted by Crippen LogP contribution is -2.40. The number of hydrogen-bond donors (Lipinski definition) is 1. The second-order valence-corrected chi connectivity index (χ2v) is 7.82. The zero-order chi connectivity index (χ0) is 20.4. The number of carbonyl (C=O) groups excluding carboxylic acids is 2. The largest absolute Gasteiger partial charge is 0.381 e. The summed E-state index contributed by atoms with van der Waals surface area (Å²) in [6.45, 7) is 3.26. The first-order chi connectivity index (χ1) is 14.0. The monoisotopic (exact) mass is 394 g/mol. The van der Waals surface area contributed by atoms with Gasteiger partial charge in [-0.15, -0.1) is 0 Å². The molecular formula is C22H26N4O3. The normalized spacial score (nSPS) is 17.2. The van der Waals surface area contributed by atoms with Gasteiger partial charge >= 0.3 is 0 Å². The second-order valence-electron chi connectivity index (χ2n) is 7.82. The summed E-state index contributed by atoms with van der Waals surface area (Å²) in [7, 11) is 1.71. The molecule has 7 heteroatoms. The molecule has 2 heterocycles. The Bertz CT molecular complexity index is 901. The number of ether oxygens (including phenoxy) is 1. The van der Waals surface area contributed by atoms with Crippen LogP contribution in [0.5, 0.6) is 0 Å². The highest BCUT2D eigenvalue weighted by Crippen LogP contribution is 2.37. The quantitative estimate of drug-likeness (QED) is 0.842. The van der Waals surface area contributed by atoms with Crippen LogP contribution in [0.3, 0.4) is 0 Å². The van der Waals surface area contributed by atoms with Crippen LogP contribution in [-0.2, 0) is 4.74 Å². The van der Waals surface area contributed by atoms with Gasteiger partial charge in [-0.2, -0.15) is 0 Å². The first-order valence-corrected chi connectivity index (χ1v) is 10.1. The summed E-state index contributed by atoms with van der Waals surface area (Å²) in [5.41, 5.74) is 2.50. The van der Waals surface area contributed by atoms with Crippen molar-refractivity contribution in [2.75, 3.05) is 25.5 Å². The van der Waals surface area contributed by atoms with Crippen LogP contribution in [0.2, 0.25) is 0 Å². The molecule has 2 aliphatic rings. The lowest BCUT2D eigenvalue weighted by atomic mass is 10.0. The van der Waals surface area contributed by atoms with Crippen molar-refractivity contribution in [1.82, 2.24) is 14.9 Å². The summed E-state index contributed by atoms with van der Waals surface area (Å²) in [5, 5.41) is 2.90.